The third kappa shape index (κ3) is 3.67. The third-order valence-corrected chi connectivity index (χ3v) is 5.20. The third-order valence-electron chi connectivity index (χ3n) is 4.19. The molecule has 7 heteroatoms. The van der Waals surface area contributed by atoms with E-state index >= 15 is 0 Å². The second-order valence-electron chi connectivity index (χ2n) is 7.27. The fraction of sp³-hybridized carbons (Fsp3) is 0.588. The van der Waals surface area contributed by atoms with Crippen molar-refractivity contribution in [2.24, 2.45) is 0 Å². The van der Waals surface area contributed by atoms with Gasteiger partial charge in [0.05, 0.1) is 11.4 Å². The average molecular weight is 348 g/mol. The minimum atomic E-state index is -0.130. The normalized spacial score (nSPS) is 16.6. The summed E-state index contributed by atoms with van der Waals surface area (Å²) in [6, 6.07) is 2.00. The van der Waals surface area contributed by atoms with Gasteiger partial charge in [0.2, 0.25) is 5.89 Å². The number of hydrogen-bond acceptors (Lipinski definition) is 6. The number of rotatable bonds is 3. The van der Waals surface area contributed by atoms with Gasteiger partial charge in [-0.2, -0.15) is 4.98 Å². The first-order valence-electron chi connectivity index (χ1n) is 8.23. The molecule has 3 heterocycles. The first-order valence-corrected chi connectivity index (χ1v) is 9.11. The zero-order valence-corrected chi connectivity index (χ0v) is 15.5. The molecule has 0 aromatic carbocycles. The van der Waals surface area contributed by atoms with Crippen LogP contribution in [0.4, 0.5) is 0 Å². The van der Waals surface area contributed by atoms with Crippen molar-refractivity contribution in [3.63, 3.8) is 0 Å². The summed E-state index contributed by atoms with van der Waals surface area (Å²) in [6.45, 7) is 12.0. The van der Waals surface area contributed by atoms with Gasteiger partial charge in [-0.25, -0.2) is 0 Å². The van der Waals surface area contributed by atoms with Gasteiger partial charge in [-0.15, -0.1) is 11.3 Å². The van der Waals surface area contributed by atoms with Crippen molar-refractivity contribution in [3.8, 4) is 0 Å². The van der Waals surface area contributed by atoms with Gasteiger partial charge >= 0.3 is 0 Å². The molecule has 3 rings (SSSR count). The Kier molecular flexibility index (Phi) is 4.73. The van der Waals surface area contributed by atoms with Gasteiger partial charge in [-0.3, -0.25) is 9.69 Å². The Balaban J connectivity index is 1.55. The van der Waals surface area contributed by atoms with Crippen LogP contribution in [-0.4, -0.2) is 52.0 Å². The lowest BCUT2D eigenvalue weighted by atomic mass is 9.97. The highest BCUT2D eigenvalue weighted by Crippen LogP contribution is 2.21. The predicted molar refractivity (Wildman–Crippen MR) is 93.2 cm³/mol. The number of aromatic nitrogens is 2. The Labute approximate surface area is 146 Å². The van der Waals surface area contributed by atoms with Crippen LogP contribution in [0.1, 0.15) is 47.7 Å². The van der Waals surface area contributed by atoms with Crippen molar-refractivity contribution in [1.82, 2.24) is 19.9 Å². The summed E-state index contributed by atoms with van der Waals surface area (Å²) in [5.74, 6) is 1.53. The maximum Gasteiger partial charge on any atom is 0.264 e. The Morgan fingerprint density at radius 3 is 2.54 bits per heavy atom. The Hall–Kier alpha value is -1.73. The van der Waals surface area contributed by atoms with Crippen molar-refractivity contribution in [1.29, 1.82) is 0 Å². The molecule has 0 saturated carbocycles. The van der Waals surface area contributed by atoms with Crippen molar-refractivity contribution >= 4 is 17.2 Å². The highest BCUT2D eigenvalue weighted by molar-refractivity contribution is 7.12. The molecule has 0 radical (unpaired) electrons. The molecule has 0 atom stereocenters. The molecule has 24 heavy (non-hydrogen) atoms. The minimum Gasteiger partial charge on any atom is -0.339 e. The van der Waals surface area contributed by atoms with Gasteiger partial charge in [0.15, 0.2) is 5.82 Å². The van der Waals surface area contributed by atoms with Crippen molar-refractivity contribution < 1.29 is 9.32 Å². The van der Waals surface area contributed by atoms with Gasteiger partial charge in [-0.1, -0.05) is 25.9 Å². The van der Waals surface area contributed by atoms with Gasteiger partial charge in [0, 0.05) is 31.6 Å². The maximum atomic E-state index is 12.5. The zero-order chi connectivity index (χ0) is 17.3. The molecule has 0 unspecified atom stereocenters. The Morgan fingerprint density at radius 1 is 1.29 bits per heavy atom. The fourth-order valence-corrected chi connectivity index (χ4v) is 3.56. The number of thiophene rings is 1. The van der Waals surface area contributed by atoms with Crippen LogP contribution >= 0.6 is 11.3 Å². The lowest BCUT2D eigenvalue weighted by Gasteiger charge is -2.34. The molecule has 1 amide bonds. The predicted octanol–water partition coefficient (Wildman–Crippen LogP) is 2.70. The summed E-state index contributed by atoms with van der Waals surface area (Å²) >= 11 is 1.52. The number of carbonyl (C=O) groups excluding carboxylic acids is 1. The molecule has 0 bridgehead atoms. The van der Waals surface area contributed by atoms with Gasteiger partial charge in [0.1, 0.15) is 0 Å². The summed E-state index contributed by atoms with van der Waals surface area (Å²) in [5, 5.41) is 6.05. The standard InChI is InChI=1S/C17H24N4O2S/c1-12-5-10-24-14(12)15(22)21-8-6-20(7-9-21)11-13-18-16(23-19-13)17(2,3)4/h5,10H,6-9,11H2,1-4H3. The summed E-state index contributed by atoms with van der Waals surface area (Å²) in [7, 11) is 0. The molecule has 1 fully saturated rings. The van der Waals surface area contributed by atoms with Crippen molar-refractivity contribution in [3.05, 3.63) is 33.6 Å². The van der Waals surface area contributed by atoms with E-state index in [1.807, 2.05) is 23.3 Å². The molecule has 0 spiro atoms. The van der Waals surface area contributed by atoms with Crippen LogP contribution in [0.15, 0.2) is 16.0 Å². The largest absolute Gasteiger partial charge is 0.339 e. The van der Waals surface area contributed by atoms with E-state index in [-0.39, 0.29) is 11.3 Å². The van der Waals surface area contributed by atoms with Crippen molar-refractivity contribution in [2.45, 2.75) is 39.7 Å². The monoisotopic (exact) mass is 348 g/mol. The molecule has 6 nitrogen and oxygen atoms in total. The van der Waals surface area contributed by atoms with Crippen LogP contribution in [0.2, 0.25) is 0 Å². The van der Waals surface area contributed by atoms with E-state index in [1.54, 1.807) is 0 Å². The van der Waals surface area contributed by atoms with E-state index < -0.39 is 0 Å². The van der Waals surface area contributed by atoms with Gasteiger partial charge in [0.25, 0.3) is 5.91 Å². The van der Waals surface area contributed by atoms with Gasteiger partial charge in [-0.05, 0) is 23.9 Å². The highest BCUT2D eigenvalue weighted by atomic mass is 32.1. The first-order chi connectivity index (χ1) is 11.3. The maximum absolute atomic E-state index is 12.5. The second kappa shape index (κ2) is 6.64. The molecular weight excluding hydrogens is 324 g/mol. The van der Waals surface area contributed by atoms with E-state index in [4.69, 9.17) is 4.52 Å². The first kappa shape index (κ1) is 17.1. The molecule has 1 saturated heterocycles. The van der Waals surface area contributed by atoms with E-state index in [1.165, 1.54) is 11.3 Å². The Morgan fingerprint density at radius 2 is 2.00 bits per heavy atom. The van der Waals surface area contributed by atoms with Gasteiger partial charge < -0.3 is 9.42 Å². The Bertz CT molecular complexity index is 708. The highest BCUT2D eigenvalue weighted by Gasteiger charge is 2.26. The second-order valence-corrected chi connectivity index (χ2v) is 8.18. The molecule has 2 aromatic rings. The van der Waals surface area contributed by atoms with Crippen LogP contribution in [0.5, 0.6) is 0 Å². The topological polar surface area (TPSA) is 62.5 Å². The van der Waals surface area contributed by atoms with E-state index in [0.717, 1.165) is 36.6 Å². The molecule has 130 valence electrons. The summed E-state index contributed by atoms with van der Waals surface area (Å²) in [5.41, 5.74) is 0.934. The quantitative estimate of drug-likeness (QED) is 0.853. The van der Waals surface area contributed by atoms with E-state index in [9.17, 15) is 4.79 Å². The summed E-state index contributed by atoms with van der Waals surface area (Å²) in [6.07, 6.45) is 0. The number of hydrogen-bond donors (Lipinski definition) is 0. The zero-order valence-electron chi connectivity index (χ0n) is 14.7. The number of amides is 1. The van der Waals surface area contributed by atoms with E-state index in [2.05, 4.69) is 35.8 Å². The lowest BCUT2D eigenvalue weighted by molar-refractivity contribution is 0.0628. The van der Waals surface area contributed by atoms with Crippen LogP contribution in [0, 0.1) is 6.92 Å². The lowest BCUT2D eigenvalue weighted by Crippen LogP contribution is -2.48. The SMILES string of the molecule is Cc1ccsc1C(=O)N1CCN(Cc2noc(C(C)(C)C)n2)CC1. The molecule has 0 N–H and O–H groups in total. The van der Waals surface area contributed by atoms with Crippen molar-refractivity contribution in [2.75, 3.05) is 26.2 Å². The van der Waals surface area contributed by atoms with Crippen LogP contribution in [-0.2, 0) is 12.0 Å². The van der Waals surface area contributed by atoms with Crippen LogP contribution in [0.3, 0.4) is 0 Å². The molecule has 2 aromatic heterocycles. The smallest absolute Gasteiger partial charge is 0.264 e. The van der Waals surface area contributed by atoms with Crippen LogP contribution < -0.4 is 0 Å². The molecule has 1 aliphatic rings. The number of nitrogens with zero attached hydrogens (tertiary/aromatic N) is 4. The van der Waals surface area contributed by atoms with E-state index in [0.29, 0.717) is 18.3 Å². The molecule has 0 aliphatic carbocycles. The summed E-state index contributed by atoms with van der Waals surface area (Å²) < 4.78 is 5.34. The average Bonchev–Trinajstić information content (AvgIpc) is 3.16. The number of carbonyl (C=O) groups is 1. The number of piperazine rings is 1. The molecular formula is C17H24N4O2S. The fourth-order valence-electron chi connectivity index (χ4n) is 2.67. The minimum absolute atomic E-state index is 0.130. The number of aryl methyl sites for hydroxylation is 1. The molecule has 1 aliphatic heterocycles. The van der Waals surface area contributed by atoms with Crippen LogP contribution in [0.25, 0.3) is 0 Å². The summed E-state index contributed by atoms with van der Waals surface area (Å²) in [4.78, 5) is 22.1.